The Morgan fingerprint density at radius 2 is 1.85 bits per heavy atom. The van der Waals surface area contributed by atoms with Crippen LogP contribution in [-0.2, 0) is 30.3 Å². The first-order chi connectivity index (χ1) is 19.0. The van der Waals surface area contributed by atoms with Gasteiger partial charge in [-0.15, -0.1) is 0 Å². The topological polar surface area (TPSA) is 149 Å². The molecule has 1 amide bonds. The minimum absolute atomic E-state index is 0.00755. The molecule has 0 radical (unpaired) electrons. The SMILES string of the molecule is COC1=C(C)C(=O)C2=C(C1=O)[C@H](CNC(=O)C(C)=O)N1[C@@H](C#N)[C@@H]3Cc4cc(C)c(OC)c(O)c4[C@H]([C@@H]1C2)N3C. The number of fused-ring (bicyclic) bond motifs is 6. The van der Waals surface area contributed by atoms with Crippen LogP contribution in [0, 0.1) is 18.3 Å². The summed E-state index contributed by atoms with van der Waals surface area (Å²) < 4.78 is 10.8. The number of nitrogens with zero attached hydrogens (tertiary/aromatic N) is 3. The molecular formula is C29H32N4O7. The van der Waals surface area contributed by atoms with Crippen LogP contribution in [0.15, 0.2) is 28.5 Å². The Kier molecular flexibility index (Phi) is 6.80. The molecule has 1 fully saturated rings. The predicted octanol–water partition coefficient (Wildman–Crippen LogP) is 1.03. The Balaban J connectivity index is 1.73. The summed E-state index contributed by atoms with van der Waals surface area (Å²) in [7, 11) is 4.70. The van der Waals surface area contributed by atoms with Crippen LogP contribution in [0.4, 0.5) is 0 Å². The lowest BCUT2D eigenvalue weighted by molar-refractivity contribution is -0.137. The van der Waals surface area contributed by atoms with Gasteiger partial charge in [0, 0.05) is 47.8 Å². The second kappa shape index (κ2) is 9.87. The molecule has 2 bridgehead atoms. The number of ketones is 3. The van der Waals surface area contributed by atoms with E-state index in [1.807, 2.05) is 24.9 Å². The van der Waals surface area contributed by atoms with Crippen molar-refractivity contribution < 1.29 is 33.8 Å². The van der Waals surface area contributed by atoms with E-state index in [4.69, 9.17) is 9.47 Å². The number of carbonyl (C=O) groups excluding carboxylic acids is 4. The standard InChI is InChI=1S/C29H32N4O7/c1-12-7-15-8-17-19(10-30)33-18(23(32(17)4)21(15)25(36)27(12)39-5)9-16-22(20(33)11-31-29(38)14(3)34)26(37)28(40-6)13(2)24(16)35/h7,17-20,23,36H,8-9,11H2,1-6H3,(H,31,38)/t17-,18-,19-,20-,23-/m0/s1. The number of aryl methyl sites for hydroxylation is 1. The zero-order valence-electron chi connectivity index (χ0n) is 23.3. The van der Waals surface area contributed by atoms with Gasteiger partial charge in [-0.05, 0) is 44.9 Å². The molecule has 1 aromatic carbocycles. The number of amides is 1. The van der Waals surface area contributed by atoms with Crippen LogP contribution >= 0.6 is 0 Å². The maximum absolute atomic E-state index is 13.7. The first-order valence-corrected chi connectivity index (χ1v) is 13.1. The third kappa shape index (κ3) is 3.78. The summed E-state index contributed by atoms with van der Waals surface area (Å²) in [6.07, 6.45) is 0.593. The van der Waals surface area contributed by atoms with Crippen molar-refractivity contribution in [3.63, 3.8) is 0 Å². The van der Waals surface area contributed by atoms with Crippen molar-refractivity contribution in [2.45, 2.75) is 63.8 Å². The highest BCUT2D eigenvalue weighted by Gasteiger charge is 2.57. The van der Waals surface area contributed by atoms with Gasteiger partial charge in [0.25, 0.3) is 5.91 Å². The zero-order chi connectivity index (χ0) is 29.2. The fraction of sp³-hybridized carbons (Fsp3) is 0.483. The van der Waals surface area contributed by atoms with Crippen molar-refractivity contribution in [3.8, 4) is 17.6 Å². The average Bonchev–Trinajstić information content (AvgIpc) is 2.91. The number of Topliss-reactive ketones (excluding diaryl/α,β-unsaturated/α-hetero) is 3. The Morgan fingerprint density at radius 1 is 1.15 bits per heavy atom. The quantitative estimate of drug-likeness (QED) is 0.404. The summed E-state index contributed by atoms with van der Waals surface area (Å²) in [6.45, 7) is 4.36. The van der Waals surface area contributed by atoms with Gasteiger partial charge in [0.2, 0.25) is 11.6 Å². The van der Waals surface area contributed by atoms with Crippen LogP contribution in [0.3, 0.4) is 0 Å². The number of ether oxygens (including phenoxy) is 2. The lowest BCUT2D eigenvalue weighted by atomic mass is 9.69. The van der Waals surface area contributed by atoms with Crippen LogP contribution in [0.5, 0.6) is 11.5 Å². The Bertz CT molecular complexity index is 1470. The number of allylic oxidation sites excluding steroid dienone is 2. The monoisotopic (exact) mass is 548 g/mol. The second-order valence-corrected chi connectivity index (χ2v) is 10.8. The number of nitrogens with one attached hydrogen (secondary N) is 1. The van der Waals surface area contributed by atoms with Gasteiger partial charge in [-0.3, -0.25) is 29.0 Å². The summed E-state index contributed by atoms with van der Waals surface area (Å²) in [5, 5.41) is 24.5. The van der Waals surface area contributed by atoms with Gasteiger partial charge < -0.3 is 19.9 Å². The molecule has 40 heavy (non-hydrogen) atoms. The van der Waals surface area contributed by atoms with E-state index in [-0.39, 0.29) is 47.4 Å². The number of likely N-dealkylation sites (N-methyl/N-ethyl adjacent to an activating group) is 1. The minimum Gasteiger partial charge on any atom is -0.504 e. The van der Waals surface area contributed by atoms with Crippen LogP contribution in [-0.4, -0.2) is 90.1 Å². The van der Waals surface area contributed by atoms with E-state index in [0.717, 1.165) is 18.1 Å². The summed E-state index contributed by atoms with van der Waals surface area (Å²) in [5.74, 6) is -2.05. The summed E-state index contributed by atoms with van der Waals surface area (Å²) in [5.41, 5.74) is 2.97. The molecule has 1 aromatic rings. The second-order valence-electron chi connectivity index (χ2n) is 10.8. The van der Waals surface area contributed by atoms with Gasteiger partial charge in [-0.2, -0.15) is 5.26 Å². The smallest absolute Gasteiger partial charge is 0.287 e. The minimum atomic E-state index is -0.883. The fourth-order valence-corrected chi connectivity index (χ4v) is 7.12. The third-order valence-corrected chi connectivity index (χ3v) is 8.84. The van der Waals surface area contributed by atoms with Crippen molar-refractivity contribution in [3.05, 3.63) is 45.2 Å². The summed E-state index contributed by atoms with van der Waals surface area (Å²) in [6, 6.07) is 1.50. The molecule has 2 N–H and O–H groups in total. The van der Waals surface area contributed by atoms with Crippen LogP contribution in [0.25, 0.3) is 0 Å². The number of carbonyl (C=O) groups is 4. The Hall–Kier alpha value is -4.01. The average molecular weight is 549 g/mol. The number of piperazine rings is 1. The molecule has 210 valence electrons. The molecule has 5 atom stereocenters. The molecule has 4 aliphatic rings. The maximum Gasteiger partial charge on any atom is 0.287 e. The van der Waals surface area contributed by atoms with Gasteiger partial charge >= 0.3 is 0 Å². The van der Waals surface area contributed by atoms with E-state index in [9.17, 15) is 29.5 Å². The van der Waals surface area contributed by atoms with E-state index in [1.54, 1.807) is 0 Å². The maximum atomic E-state index is 13.7. The summed E-state index contributed by atoms with van der Waals surface area (Å²) in [4.78, 5) is 55.4. The highest BCUT2D eigenvalue weighted by molar-refractivity contribution is 6.35. The van der Waals surface area contributed by atoms with Gasteiger partial charge in [-0.1, -0.05) is 6.07 Å². The first kappa shape index (κ1) is 27.6. The number of hydrogen-bond donors (Lipinski definition) is 2. The van der Waals surface area contributed by atoms with E-state index in [2.05, 4.69) is 16.3 Å². The lowest BCUT2D eigenvalue weighted by Gasteiger charge is -2.60. The van der Waals surface area contributed by atoms with Gasteiger partial charge in [0.05, 0.1) is 32.4 Å². The Labute approximate surface area is 232 Å². The van der Waals surface area contributed by atoms with E-state index < -0.39 is 41.6 Å². The van der Waals surface area contributed by atoms with Gasteiger partial charge in [0.1, 0.15) is 6.04 Å². The molecule has 0 spiro atoms. The fourth-order valence-electron chi connectivity index (χ4n) is 7.12. The number of benzene rings is 1. The lowest BCUT2D eigenvalue weighted by Crippen LogP contribution is -2.71. The number of hydrogen-bond acceptors (Lipinski definition) is 10. The Morgan fingerprint density at radius 3 is 2.45 bits per heavy atom. The van der Waals surface area contributed by atoms with Gasteiger partial charge in [0.15, 0.2) is 23.0 Å². The normalized spacial score (nSPS) is 27.9. The predicted molar refractivity (Wildman–Crippen MR) is 141 cm³/mol. The highest BCUT2D eigenvalue weighted by atomic mass is 16.5. The number of rotatable bonds is 5. The number of methoxy groups -OCH3 is 2. The third-order valence-electron chi connectivity index (χ3n) is 8.84. The molecule has 3 aliphatic heterocycles. The number of phenolic OH excluding ortho intramolecular Hbond substituents is 1. The molecule has 1 aliphatic carbocycles. The van der Waals surface area contributed by atoms with Crippen LogP contribution < -0.4 is 10.1 Å². The van der Waals surface area contributed by atoms with Crippen LogP contribution in [0.2, 0.25) is 0 Å². The molecule has 5 rings (SSSR count). The molecule has 0 saturated carbocycles. The van der Waals surface area contributed by atoms with Crippen LogP contribution in [0.1, 0.15) is 43.0 Å². The van der Waals surface area contributed by atoms with Crippen molar-refractivity contribution in [1.82, 2.24) is 15.1 Å². The molecular weight excluding hydrogens is 516 g/mol. The highest BCUT2D eigenvalue weighted by Crippen LogP contribution is 2.53. The largest absolute Gasteiger partial charge is 0.504 e. The molecule has 0 unspecified atom stereocenters. The molecule has 3 heterocycles. The van der Waals surface area contributed by atoms with Crippen molar-refractivity contribution >= 4 is 23.3 Å². The van der Waals surface area contributed by atoms with E-state index >= 15 is 0 Å². The molecule has 11 nitrogen and oxygen atoms in total. The van der Waals surface area contributed by atoms with Crippen molar-refractivity contribution in [2.24, 2.45) is 0 Å². The number of aromatic hydroxyl groups is 1. The zero-order valence-corrected chi connectivity index (χ0v) is 23.3. The molecule has 0 aromatic heterocycles. The molecule has 11 heteroatoms. The van der Waals surface area contributed by atoms with Gasteiger partial charge in [-0.25, -0.2) is 0 Å². The van der Waals surface area contributed by atoms with E-state index in [1.165, 1.54) is 21.1 Å². The molecule has 1 saturated heterocycles. The van der Waals surface area contributed by atoms with Crippen molar-refractivity contribution in [2.75, 3.05) is 27.8 Å². The first-order valence-electron chi connectivity index (χ1n) is 13.1. The summed E-state index contributed by atoms with van der Waals surface area (Å²) >= 11 is 0. The number of phenols is 1. The number of nitriles is 1. The van der Waals surface area contributed by atoms with Crippen molar-refractivity contribution in [1.29, 1.82) is 5.26 Å². The van der Waals surface area contributed by atoms with E-state index in [0.29, 0.717) is 23.3 Å².